The van der Waals surface area contributed by atoms with Gasteiger partial charge in [-0.05, 0) is 43.9 Å². The van der Waals surface area contributed by atoms with Gasteiger partial charge in [-0.2, -0.15) is 5.10 Å². The Labute approximate surface area is 148 Å². The minimum Gasteiger partial charge on any atom is -0.388 e. The molecule has 1 atom stereocenters. The van der Waals surface area contributed by atoms with Gasteiger partial charge < -0.3 is 15.3 Å². The molecule has 1 aliphatic rings. The van der Waals surface area contributed by atoms with Crippen molar-refractivity contribution in [1.82, 2.24) is 20.0 Å². The lowest BCUT2D eigenvalue weighted by atomic mass is 9.97. The van der Waals surface area contributed by atoms with Gasteiger partial charge in [0.1, 0.15) is 0 Å². The first-order valence-electron chi connectivity index (χ1n) is 8.69. The number of carbonyl (C=O) groups excluding carboxylic acids is 1. The number of hydrogen-bond donors (Lipinski definition) is 2. The fourth-order valence-electron chi connectivity index (χ4n) is 3.45. The number of aromatic nitrogens is 2. The molecule has 2 N–H and O–H groups in total. The molecule has 1 aliphatic heterocycles. The number of benzene rings is 1. The fourth-order valence-corrected chi connectivity index (χ4v) is 3.45. The Balaban J connectivity index is 1.64. The Hall–Kier alpha value is -2.34. The number of aliphatic hydroxyl groups is 1. The van der Waals surface area contributed by atoms with E-state index in [2.05, 4.69) is 16.5 Å². The average Bonchev–Trinajstić information content (AvgIpc) is 3.21. The lowest BCUT2D eigenvalue weighted by Crippen LogP contribution is -2.51. The zero-order chi connectivity index (χ0) is 18.0. The molecule has 1 aromatic heterocycles. The summed E-state index contributed by atoms with van der Waals surface area (Å²) in [5, 5.41) is 17.4. The Kier molecular flexibility index (Phi) is 4.81. The van der Waals surface area contributed by atoms with Crippen LogP contribution in [-0.2, 0) is 13.6 Å². The molecule has 1 saturated heterocycles. The molecular weight excluding hydrogens is 316 g/mol. The molecule has 0 bridgehead atoms. The first-order chi connectivity index (χ1) is 11.8. The second-order valence-corrected chi connectivity index (χ2v) is 7.27. The SMILES string of the molecule is Cn1cc(-c2cccc(CNC(=O)N3CCC[C@H]3C(C)(C)O)c2)cn1. The summed E-state index contributed by atoms with van der Waals surface area (Å²) in [4.78, 5) is 14.3. The fraction of sp³-hybridized carbons (Fsp3) is 0.474. The van der Waals surface area contributed by atoms with Gasteiger partial charge in [0.05, 0.1) is 17.8 Å². The highest BCUT2D eigenvalue weighted by Crippen LogP contribution is 2.26. The highest BCUT2D eigenvalue weighted by molar-refractivity contribution is 5.75. The summed E-state index contributed by atoms with van der Waals surface area (Å²) in [7, 11) is 1.89. The maximum absolute atomic E-state index is 12.5. The third kappa shape index (κ3) is 4.02. The van der Waals surface area contributed by atoms with Crippen LogP contribution in [0.15, 0.2) is 36.7 Å². The normalized spacial score (nSPS) is 17.8. The number of amides is 2. The third-order valence-electron chi connectivity index (χ3n) is 4.74. The van der Waals surface area contributed by atoms with Gasteiger partial charge in [0.25, 0.3) is 0 Å². The zero-order valence-electron chi connectivity index (χ0n) is 15.1. The van der Waals surface area contributed by atoms with Crippen LogP contribution >= 0.6 is 0 Å². The van der Waals surface area contributed by atoms with Crippen LogP contribution in [0.5, 0.6) is 0 Å². The minimum atomic E-state index is -0.881. The maximum Gasteiger partial charge on any atom is 0.318 e. The van der Waals surface area contributed by atoms with Crippen molar-refractivity contribution < 1.29 is 9.90 Å². The molecule has 6 heteroatoms. The van der Waals surface area contributed by atoms with Gasteiger partial charge in [-0.3, -0.25) is 4.68 Å². The van der Waals surface area contributed by atoms with Gasteiger partial charge in [0, 0.05) is 31.9 Å². The molecule has 0 saturated carbocycles. The van der Waals surface area contributed by atoms with Crippen molar-refractivity contribution in [3.63, 3.8) is 0 Å². The number of aryl methyl sites for hydroxylation is 1. The Morgan fingerprint density at radius 1 is 1.40 bits per heavy atom. The second kappa shape index (κ2) is 6.88. The van der Waals surface area contributed by atoms with Crippen molar-refractivity contribution in [2.45, 2.75) is 44.9 Å². The summed E-state index contributed by atoms with van der Waals surface area (Å²) in [5.41, 5.74) is 2.29. The highest BCUT2D eigenvalue weighted by atomic mass is 16.3. The number of carbonyl (C=O) groups is 1. The molecular formula is C19H26N4O2. The van der Waals surface area contributed by atoms with Gasteiger partial charge in [0.2, 0.25) is 0 Å². The van der Waals surface area contributed by atoms with Crippen molar-refractivity contribution in [3.8, 4) is 11.1 Å². The predicted molar refractivity (Wildman–Crippen MR) is 96.9 cm³/mol. The van der Waals surface area contributed by atoms with Crippen LogP contribution in [-0.4, -0.2) is 44.0 Å². The van der Waals surface area contributed by atoms with Crippen molar-refractivity contribution in [2.75, 3.05) is 6.54 Å². The van der Waals surface area contributed by atoms with E-state index in [9.17, 15) is 9.90 Å². The molecule has 2 amide bonds. The van der Waals surface area contributed by atoms with Crippen molar-refractivity contribution in [3.05, 3.63) is 42.2 Å². The average molecular weight is 342 g/mol. The summed E-state index contributed by atoms with van der Waals surface area (Å²) in [5.74, 6) is 0. The van der Waals surface area contributed by atoms with E-state index in [0.29, 0.717) is 13.1 Å². The molecule has 1 fully saturated rings. The van der Waals surface area contributed by atoms with Crippen LogP contribution in [0.4, 0.5) is 4.79 Å². The Bertz CT molecular complexity index is 748. The lowest BCUT2D eigenvalue weighted by Gasteiger charge is -2.33. The number of hydrogen-bond acceptors (Lipinski definition) is 3. The summed E-state index contributed by atoms with van der Waals surface area (Å²) in [6, 6.07) is 7.84. The molecule has 6 nitrogen and oxygen atoms in total. The van der Waals surface area contributed by atoms with Crippen LogP contribution < -0.4 is 5.32 Å². The van der Waals surface area contributed by atoms with Crippen LogP contribution in [0.2, 0.25) is 0 Å². The van der Waals surface area contributed by atoms with E-state index >= 15 is 0 Å². The van der Waals surface area contributed by atoms with E-state index in [0.717, 1.165) is 29.5 Å². The van der Waals surface area contributed by atoms with Crippen molar-refractivity contribution >= 4 is 6.03 Å². The van der Waals surface area contributed by atoms with E-state index in [1.807, 2.05) is 37.6 Å². The van der Waals surface area contributed by atoms with E-state index in [4.69, 9.17) is 0 Å². The van der Waals surface area contributed by atoms with Gasteiger partial charge in [-0.1, -0.05) is 18.2 Å². The van der Waals surface area contributed by atoms with Gasteiger partial charge in [0.15, 0.2) is 0 Å². The van der Waals surface area contributed by atoms with E-state index in [-0.39, 0.29) is 12.1 Å². The molecule has 134 valence electrons. The minimum absolute atomic E-state index is 0.114. The van der Waals surface area contributed by atoms with Crippen molar-refractivity contribution in [1.29, 1.82) is 0 Å². The smallest absolute Gasteiger partial charge is 0.318 e. The summed E-state index contributed by atoms with van der Waals surface area (Å²) >= 11 is 0. The van der Waals surface area contributed by atoms with Crippen LogP contribution in [0.25, 0.3) is 11.1 Å². The topological polar surface area (TPSA) is 70.4 Å². The molecule has 1 aromatic carbocycles. The molecule has 3 rings (SSSR count). The van der Waals surface area contributed by atoms with E-state index in [1.165, 1.54) is 0 Å². The zero-order valence-corrected chi connectivity index (χ0v) is 15.1. The maximum atomic E-state index is 12.5. The number of nitrogens with one attached hydrogen (secondary N) is 1. The molecule has 2 aromatic rings. The van der Waals surface area contributed by atoms with E-state index < -0.39 is 5.60 Å². The van der Waals surface area contributed by atoms with Crippen LogP contribution in [0, 0.1) is 0 Å². The lowest BCUT2D eigenvalue weighted by molar-refractivity contribution is 0.00979. The van der Waals surface area contributed by atoms with Crippen molar-refractivity contribution in [2.24, 2.45) is 7.05 Å². The van der Waals surface area contributed by atoms with Gasteiger partial charge in [-0.15, -0.1) is 0 Å². The molecule has 0 unspecified atom stereocenters. The predicted octanol–water partition coefficient (Wildman–Crippen LogP) is 2.53. The summed E-state index contributed by atoms with van der Waals surface area (Å²) < 4.78 is 1.77. The standard InChI is InChI=1S/C19H26N4O2/c1-19(2,25)17-8-5-9-23(17)18(24)20-11-14-6-4-7-15(10-14)16-12-21-22(3)13-16/h4,6-7,10,12-13,17,25H,5,8-9,11H2,1-3H3,(H,20,24)/t17-/m0/s1. The Morgan fingerprint density at radius 3 is 2.88 bits per heavy atom. The summed E-state index contributed by atoms with van der Waals surface area (Å²) in [6.45, 7) is 4.68. The number of urea groups is 1. The molecule has 25 heavy (non-hydrogen) atoms. The molecule has 0 spiro atoms. The number of likely N-dealkylation sites (tertiary alicyclic amines) is 1. The molecule has 0 aliphatic carbocycles. The molecule has 0 radical (unpaired) electrons. The third-order valence-corrected chi connectivity index (χ3v) is 4.74. The largest absolute Gasteiger partial charge is 0.388 e. The number of nitrogens with zero attached hydrogens (tertiary/aromatic N) is 3. The second-order valence-electron chi connectivity index (χ2n) is 7.27. The van der Waals surface area contributed by atoms with Gasteiger partial charge >= 0.3 is 6.03 Å². The molecule has 2 heterocycles. The van der Waals surface area contributed by atoms with Crippen LogP contribution in [0.3, 0.4) is 0 Å². The van der Waals surface area contributed by atoms with E-state index in [1.54, 1.807) is 23.4 Å². The quantitative estimate of drug-likeness (QED) is 0.897. The monoisotopic (exact) mass is 342 g/mol. The summed E-state index contributed by atoms with van der Waals surface area (Å²) in [6.07, 6.45) is 5.57. The van der Waals surface area contributed by atoms with Crippen LogP contribution in [0.1, 0.15) is 32.3 Å². The highest BCUT2D eigenvalue weighted by Gasteiger charge is 2.38. The van der Waals surface area contributed by atoms with Gasteiger partial charge in [-0.25, -0.2) is 4.79 Å². The Morgan fingerprint density at radius 2 is 2.20 bits per heavy atom. The first-order valence-corrected chi connectivity index (χ1v) is 8.69. The first kappa shape index (κ1) is 17.5. The number of rotatable bonds is 4.